The van der Waals surface area contributed by atoms with Crippen LogP contribution >= 0.6 is 0 Å². The molecule has 0 radical (unpaired) electrons. The lowest BCUT2D eigenvalue weighted by molar-refractivity contribution is -0.139. The first-order chi connectivity index (χ1) is 18.6. The highest BCUT2D eigenvalue weighted by molar-refractivity contribution is 7.92. The molecule has 0 saturated carbocycles. The van der Waals surface area contributed by atoms with E-state index >= 15 is 0 Å². The van der Waals surface area contributed by atoms with Crippen molar-refractivity contribution in [2.24, 2.45) is 0 Å². The Labute approximate surface area is 228 Å². The first-order valence-corrected chi connectivity index (χ1v) is 13.9. The molecule has 0 fully saturated rings. The number of halogens is 1. The maximum Gasteiger partial charge on any atom is 0.244 e. The Morgan fingerprint density at radius 2 is 1.62 bits per heavy atom. The zero-order chi connectivity index (χ0) is 28.6. The van der Waals surface area contributed by atoms with Gasteiger partial charge < -0.3 is 19.7 Å². The van der Waals surface area contributed by atoms with Crippen molar-refractivity contribution in [1.82, 2.24) is 10.2 Å². The second kappa shape index (κ2) is 13.1. The number of hydrogen-bond acceptors (Lipinski definition) is 6. The van der Waals surface area contributed by atoms with E-state index in [2.05, 4.69) is 5.32 Å². The number of rotatable bonds is 12. The maximum atomic E-state index is 13.9. The molecule has 3 aromatic rings. The highest BCUT2D eigenvalue weighted by atomic mass is 32.2. The summed E-state index contributed by atoms with van der Waals surface area (Å²) in [6.07, 6.45) is 1.16. The predicted molar refractivity (Wildman–Crippen MR) is 147 cm³/mol. The molecule has 1 unspecified atom stereocenters. The Morgan fingerprint density at radius 1 is 0.949 bits per heavy atom. The number of hydrogen-bond donors (Lipinski definition) is 1. The second-order valence-electron chi connectivity index (χ2n) is 8.78. The van der Waals surface area contributed by atoms with Crippen LogP contribution in [0.5, 0.6) is 11.5 Å². The van der Waals surface area contributed by atoms with Gasteiger partial charge in [-0.2, -0.15) is 0 Å². The number of nitrogens with zero attached hydrogens (tertiary/aromatic N) is 2. The minimum atomic E-state index is -3.97. The van der Waals surface area contributed by atoms with Crippen molar-refractivity contribution in [1.29, 1.82) is 0 Å². The minimum Gasteiger partial charge on any atom is -0.497 e. The van der Waals surface area contributed by atoms with Crippen LogP contribution in [0.3, 0.4) is 0 Å². The van der Waals surface area contributed by atoms with Crippen molar-refractivity contribution < 1.29 is 31.9 Å². The number of nitrogens with one attached hydrogen (secondary N) is 1. The molecular formula is C28H32FN3O6S. The fourth-order valence-corrected chi connectivity index (χ4v) is 4.95. The van der Waals surface area contributed by atoms with Gasteiger partial charge in [0, 0.05) is 26.1 Å². The number of sulfonamides is 1. The van der Waals surface area contributed by atoms with Gasteiger partial charge in [0.1, 0.15) is 29.9 Å². The molecule has 1 atom stereocenters. The van der Waals surface area contributed by atoms with Crippen molar-refractivity contribution in [2.45, 2.75) is 19.0 Å². The molecule has 3 rings (SSSR count). The zero-order valence-electron chi connectivity index (χ0n) is 22.3. The van der Waals surface area contributed by atoms with Crippen LogP contribution in [0.2, 0.25) is 0 Å². The molecule has 9 nitrogen and oxygen atoms in total. The van der Waals surface area contributed by atoms with Gasteiger partial charge in [-0.05, 0) is 35.4 Å². The van der Waals surface area contributed by atoms with Gasteiger partial charge >= 0.3 is 0 Å². The zero-order valence-corrected chi connectivity index (χ0v) is 23.1. The third-order valence-corrected chi connectivity index (χ3v) is 7.24. The molecule has 208 valence electrons. The van der Waals surface area contributed by atoms with Gasteiger partial charge in [-0.3, -0.25) is 13.9 Å². The summed E-state index contributed by atoms with van der Waals surface area (Å²) in [6.45, 7) is -0.660. The smallest absolute Gasteiger partial charge is 0.244 e. The minimum absolute atomic E-state index is 0.0542. The Kier molecular flexibility index (Phi) is 9.89. The standard InChI is InChI=1S/C28H32FN3O6S/c1-30-28(34)25(16-20-8-6-5-7-9-20)31(18-21-10-12-22(29)13-11-21)27(33)19-32(39(4,35)36)24-15-14-23(37-2)17-26(24)38-3/h5-15,17,25H,16,18-19H2,1-4H3,(H,30,34). The number of likely N-dealkylation sites (N-methyl/N-ethyl adjacent to an activating group) is 1. The fourth-order valence-electron chi connectivity index (χ4n) is 4.09. The quantitative estimate of drug-likeness (QED) is 0.367. The van der Waals surface area contributed by atoms with E-state index in [1.54, 1.807) is 6.07 Å². The van der Waals surface area contributed by atoms with Crippen LogP contribution in [-0.2, 0) is 32.6 Å². The Balaban J connectivity index is 2.06. The molecule has 2 amide bonds. The molecule has 0 aliphatic carbocycles. The molecule has 1 N–H and O–H groups in total. The van der Waals surface area contributed by atoms with Gasteiger partial charge in [0.05, 0.1) is 26.2 Å². The highest BCUT2D eigenvalue weighted by Crippen LogP contribution is 2.33. The van der Waals surface area contributed by atoms with Gasteiger partial charge in [0.2, 0.25) is 21.8 Å². The second-order valence-corrected chi connectivity index (χ2v) is 10.7. The summed E-state index contributed by atoms with van der Waals surface area (Å²) < 4.78 is 50.9. The summed E-state index contributed by atoms with van der Waals surface area (Å²) in [5.74, 6) is -0.881. The van der Waals surface area contributed by atoms with Crippen LogP contribution in [0.25, 0.3) is 0 Å². The van der Waals surface area contributed by atoms with Gasteiger partial charge in [0.15, 0.2) is 0 Å². The van der Waals surface area contributed by atoms with Gasteiger partial charge in [-0.1, -0.05) is 42.5 Å². The van der Waals surface area contributed by atoms with Crippen molar-refractivity contribution in [3.05, 3.63) is 89.7 Å². The van der Waals surface area contributed by atoms with E-state index < -0.39 is 40.2 Å². The number of anilines is 1. The molecule has 0 aliphatic heterocycles. The van der Waals surface area contributed by atoms with Gasteiger partial charge in [-0.15, -0.1) is 0 Å². The van der Waals surface area contributed by atoms with E-state index in [0.717, 1.165) is 16.1 Å². The molecule has 0 aromatic heterocycles. The average Bonchev–Trinajstić information content (AvgIpc) is 2.93. The summed E-state index contributed by atoms with van der Waals surface area (Å²) in [5.41, 5.74) is 1.51. The third-order valence-electron chi connectivity index (χ3n) is 6.12. The van der Waals surface area contributed by atoms with Crippen LogP contribution in [-0.4, -0.2) is 65.2 Å². The Hall–Kier alpha value is -4.12. The van der Waals surface area contributed by atoms with Crippen molar-refractivity contribution >= 4 is 27.5 Å². The van der Waals surface area contributed by atoms with Crippen molar-refractivity contribution in [3.8, 4) is 11.5 Å². The largest absolute Gasteiger partial charge is 0.497 e. The normalized spacial score (nSPS) is 11.8. The summed E-state index contributed by atoms with van der Waals surface area (Å²) in [4.78, 5) is 28.3. The fraction of sp³-hybridized carbons (Fsp3) is 0.286. The van der Waals surface area contributed by atoms with E-state index in [0.29, 0.717) is 11.3 Å². The molecule has 11 heteroatoms. The van der Waals surface area contributed by atoms with E-state index in [1.165, 1.54) is 62.6 Å². The van der Waals surface area contributed by atoms with Gasteiger partial charge in [0.25, 0.3) is 0 Å². The number of methoxy groups -OCH3 is 2. The first kappa shape index (κ1) is 29.4. The SMILES string of the molecule is CNC(=O)C(Cc1ccccc1)N(Cc1ccc(F)cc1)C(=O)CN(c1ccc(OC)cc1OC)S(C)(=O)=O. The topological polar surface area (TPSA) is 105 Å². The number of ether oxygens (including phenoxy) is 2. The van der Waals surface area contributed by atoms with Crippen LogP contribution in [0.1, 0.15) is 11.1 Å². The lowest BCUT2D eigenvalue weighted by atomic mass is 10.0. The lowest BCUT2D eigenvalue weighted by Gasteiger charge is -2.33. The molecular weight excluding hydrogens is 525 g/mol. The summed E-state index contributed by atoms with van der Waals surface area (Å²) in [5, 5.41) is 2.60. The van der Waals surface area contributed by atoms with Crippen molar-refractivity contribution in [3.63, 3.8) is 0 Å². The molecule has 0 saturated heterocycles. The van der Waals surface area contributed by atoms with E-state index in [4.69, 9.17) is 9.47 Å². The number of carbonyl (C=O) groups excluding carboxylic acids is 2. The number of carbonyl (C=O) groups is 2. The van der Waals surface area contributed by atoms with Crippen LogP contribution < -0.4 is 19.1 Å². The molecule has 0 aliphatic rings. The highest BCUT2D eigenvalue weighted by Gasteiger charge is 2.33. The predicted octanol–water partition coefficient (Wildman–Crippen LogP) is 3.00. The molecule has 3 aromatic carbocycles. The molecule has 0 bridgehead atoms. The summed E-state index contributed by atoms with van der Waals surface area (Å²) >= 11 is 0. The molecule has 0 spiro atoms. The van der Waals surface area contributed by atoms with Gasteiger partial charge in [-0.25, -0.2) is 12.8 Å². The third kappa shape index (κ3) is 7.70. The number of amides is 2. The average molecular weight is 558 g/mol. The summed E-state index contributed by atoms with van der Waals surface area (Å²) in [6, 6.07) is 18.3. The van der Waals surface area contributed by atoms with Crippen LogP contribution in [0, 0.1) is 5.82 Å². The Bertz CT molecular complexity index is 1380. The van der Waals surface area contributed by atoms with E-state index in [-0.39, 0.29) is 24.4 Å². The van der Waals surface area contributed by atoms with E-state index in [1.807, 2.05) is 30.3 Å². The lowest BCUT2D eigenvalue weighted by Crippen LogP contribution is -2.52. The van der Waals surface area contributed by atoms with Crippen LogP contribution in [0.4, 0.5) is 10.1 Å². The molecule has 0 heterocycles. The number of benzene rings is 3. The Morgan fingerprint density at radius 3 is 2.18 bits per heavy atom. The summed E-state index contributed by atoms with van der Waals surface area (Å²) in [7, 11) is 0.333. The molecule has 39 heavy (non-hydrogen) atoms. The first-order valence-electron chi connectivity index (χ1n) is 12.1. The maximum absolute atomic E-state index is 13.9. The monoisotopic (exact) mass is 557 g/mol. The van der Waals surface area contributed by atoms with E-state index in [9.17, 15) is 22.4 Å². The van der Waals surface area contributed by atoms with Crippen LogP contribution in [0.15, 0.2) is 72.8 Å². The van der Waals surface area contributed by atoms with Crippen molar-refractivity contribution in [2.75, 3.05) is 38.4 Å².